The topological polar surface area (TPSA) is 104 Å². The molecular formula is C29H26ClFN8. The molecule has 3 heterocycles. The van der Waals surface area contributed by atoms with Gasteiger partial charge in [0.15, 0.2) is 0 Å². The van der Waals surface area contributed by atoms with Crippen molar-refractivity contribution >= 4 is 33.9 Å². The van der Waals surface area contributed by atoms with Crippen LogP contribution in [0.5, 0.6) is 0 Å². The van der Waals surface area contributed by atoms with Crippen molar-refractivity contribution in [1.82, 2.24) is 25.0 Å². The van der Waals surface area contributed by atoms with Crippen molar-refractivity contribution in [3.05, 3.63) is 101 Å². The fraction of sp³-hybridized carbons (Fsp3) is 0.207. The minimum atomic E-state index is -0.484. The fourth-order valence-corrected chi connectivity index (χ4v) is 4.41. The number of aromatic nitrogens is 5. The molecule has 0 aliphatic heterocycles. The lowest BCUT2D eigenvalue weighted by Gasteiger charge is -2.22. The van der Waals surface area contributed by atoms with Gasteiger partial charge in [0.25, 0.3) is 0 Å². The Hall–Kier alpha value is -4.55. The van der Waals surface area contributed by atoms with Gasteiger partial charge in [-0.25, -0.2) is 9.07 Å². The molecule has 5 rings (SSSR count). The SMILES string of the molecule is CC(C)(C)CNc1c(C#N)cnc2c(Cl)cc(NC(c3ccc(F)cc3)c3cn(-c4cccnc4)nn3)cc12. The van der Waals surface area contributed by atoms with E-state index >= 15 is 0 Å². The van der Waals surface area contributed by atoms with E-state index in [1.54, 1.807) is 41.5 Å². The molecular weight excluding hydrogens is 515 g/mol. The molecule has 0 fully saturated rings. The number of nitrogens with one attached hydrogen (secondary N) is 2. The van der Waals surface area contributed by atoms with Crippen LogP contribution < -0.4 is 10.6 Å². The van der Waals surface area contributed by atoms with Crippen LogP contribution in [0.2, 0.25) is 5.02 Å². The average molecular weight is 541 g/mol. The Morgan fingerprint density at radius 3 is 2.62 bits per heavy atom. The molecule has 0 amide bonds. The van der Waals surface area contributed by atoms with E-state index in [2.05, 4.69) is 57.8 Å². The Bertz CT molecular complexity index is 1650. The summed E-state index contributed by atoms with van der Waals surface area (Å²) < 4.78 is 15.4. The van der Waals surface area contributed by atoms with E-state index in [-0.39, 0.29) is 11.2 Å². The first-order valence-electron chi connectivity index (χ1n) is 12.3. The van der Waals surface area contributed by atoms with Crippen molar-refractivity contribution in [3.8, 4) is 11.8 Å². The molecule has 2 aromatic carbocycles. The molecule has 1 unspecified atom stereocenters. The zero-order valence-electron chi connectivity index (χ0n) is 21.7. The second kappa shape index (κ2) is 10.7. The van der Waals surface area contributed by atoms with Gasteiger partial charge in [0.2, 0.25) is 0 Å². The van der Waals surface area contributed by atoms with Crippen molar-refractivity contribution in [3.63, 3.8) is 0 Å². The monoisotopic (exact) mass is 540 g/mol. The van der Waals surface area contributed by atoms with Crippen LogP contribution in [0, 0.1) is 22.6 Å². The maximum Gasteiger partial charge on any atom is 0.123 e. The highest BCUT2D eigenvalue weighted by molar-refractivity contribution is 6.35. The second-order valence-corrected chi connectivity index (χ2v) is 10.8. The van der Waals surface area contributed by atoms with Crippen LogP contribution >= 0.6 is 11.6 Å². The minimum absolute atomic E-state index is 0.0181. The van der Waals surface area contributed by atoms with Crippen LogP contribution in [0.25, 0.3) is 16.6 Å². The summed E-state index contributed by atoms with van der Waals surface area (Å²) in [6.07, 6.45) is 6.70. The van der Waals surface area contributed by atoms with Crippen molar-refractivity contribution in [2.45, 2.75) is 26.8 Å². The molecule has 0 bridgehead atoms. The van der Waals surface area contributed by atoms with E-state index in [0.29, 0.717) is 45.1 Å². The van der Waals surface area contributed by atoms with Gasteiger partial charge in [-0.15, -0.1) is 5.10 Å². The van der Waals surface area contributed by atoms with E-state index in [9.17, 15) is 9.65 Å². The summed E-state index contributed by atoms with van der Waals surface area (Å²) in [6.45, 7) is 6.98. The Labute approximate surface area is 230 Å². The highest BCUT2D eigenvalue weighted by Crippen LogP contribution is 2.36. The number of halogens is 2. The maximum atomic E-state index is 13.8. The predicted octanol–water partition coefficient (Wildman–Crippen LogP) is 6.53. The Morgan fingerprint density at radius 1 is 1.13 bits per heavy atom. The van der Waals surface area contributed by atoms with Gasteiger partial charge < -0.3 is 10.6 Å². The molecule has 0 aliphatic rings. The number of nitrogens with zero attached hydrogens (tertiary/aromatic N) is 6. The van der Waals surface area contributed by atoms with E-state index in [4.69, 9.17) is 11.6 Å². The Morgan fingerprint density at radius 2 is 1.92 bits per heavy atom. The number of hydrogen-bond donors (Lipinski definition) is 2. The summed E-state index contributed by atoms with van der Waals surface area (Å²) in [4.78, 5) is 8.59. The summed E-state index contributed by atoms with van der Waals surface area (Å²) >= 11 is 6.70. The molecule has 0 saturated carbocycles. The second-order valence-electron chi connectivity index (χ2n) is 10.4. The summed E-state index contributed by atoms with van der Waals surface area (Å²) in [5.41, 5.74) is 4.48. The molecule has 10 heteroatoms. The summed E-state index contributed by atoms with van der Waals surface area (Å²) in [5, 5.41) is 26.5. The minimum Gasteiger partial charge on any atom is -0.383 e. The number of nitriles is 1. The first-order valence-corrected chi connectivity index (χ1v) is 12.7. The molecule has 0 aliphatic carbocycles. The molecule has 0 saturated heterocycles. The lowest BCUT2D eigenvalue weighted by Crippen LogP contribution is -2.20. The number of anilines is 2. The van der Waals surface area contributed by atoms with Crippen molar-refractivity contribution in [2.24, 2.45) is 5.41 Å². The predicted molar refractivity (Wildman–Crippen MR) is 150 cm³/mol. The molecule has 0 spiro atoms. The van der Waals surface area contributed by atoms with Crippen LogP contribution in [-0.2, 0) is 0 Å². The number of hydrogen-bond acceptors (Lipinski definition) is 7. The number of fused-ring (bicyclic) bond motifs is 1. The van der Waals surface area contributed by atoms with E-state index in [0.717, 1.165) is 11.3 Å². The number of rotatable bonds is 7. The van der Waals surface area contributed by atoms with Gasteiger partial charge in [-0.3, -0.25) is 9.97 Å². The highest BCUT2D eigenvalue weighted by atomic mass is 35.5. The lowest BCUT2D eigenvalue weighted by atomic mass is 9.96. The molecule has 1 atom stereocenters. The molecule has 0 radical (unpaired) electrons. The molecule has 5 aromatic rings. The van der Waals surface area contributed by atoms with Crippen LogP contribution in [0.15, 0.2) is 73.3 Å². The van der Waals surface area contributed by atoms with Gasteiger partial charge in [-0.05, 0) is 47.4 Å². The first kappa shape index (κ1) is 26.1. The lowest BCUT2D eigenvalue weighted by molar-refractivity contribution is 0.443. The molecule has 39 heavy (non-hydrogen) atoms. The zero-order chi connectivity index (χ0) is 27.6. The fourth-order valence-electron chi connectivity index (χ4n) is 4.15. The third kappa shape index (κ3) is 5.81. The van der Waals surface area contributed by atoms with E-state index in [1.807, 2.05) is 18.2 Å². The van der Waals surface area contributed by atoms with E-state index < -0.39 is 6.04 Å². The van der Waals surface area contributed by atoms with Crippen LogP contribution in [0.1, 0.15) is 43.6 Å². The van der Waals surface area contributed by atoms with Crippen LogP contribution in [-0.4, -0.2) is 31.5 Å². The van der Waals surface area contributed by atoms with Crippen LogP contribution in [0.4, 0.5) is 15.8 Å². The molecule has 3 aromatic heterocycles. The zero-order valence-corrected chi connectivity index (χ0v) is 22.4. The summed E-state index contributed by atoms with van der Waals surface area (Å²) in [7, 11) is 0. The highest BCUT2D eigenvalue weighted by Gasteiger charge is 2.21. The molecule has 8 nitrogen and oxygen atoms in total. The summed E-state index contributed by atoms with van der Waals surface area (Å²) in [5.74, 6) is -0.338. The van der Waals surface area contributed by atoms with Crippen LogP contribution in [0.3, 0.4) is 0 Å². The van der Waals surface area contributed by atoms with Crippen molar-refractivity contribution in [2.75, 3.05) is 17.2 Å². The largest absolute Gasteiger partial charge is 0.383 e. The summed E-state index contributed by atoms with van der Waals surface area (Å²) in [6, 6.07) is 15.3. The van der Waals surface area contributed by atoms with Gasteiger partial charge in [-0.2, -0.15) is 5.26 Å². The quantitative estimate of drug-likeness (QED) is 0.242. The first-order chi connectivity index (χ1) is 18.7. The van der Waals surface area contributed by atoms with Gasteiger partial charge >= 0.3 is 0 Å². The van der Waals surface area contributed by atoms with Crippen molar-refractivity contribution < 1.29 is 4.39 Å². The van der Waals surface area contributed by atoms with E-state index in [1.165, 1.54) is 18.3 Å². The smallest absolute Gasteiger partial charge is 0.123 e. The third-order valence-electron chi connectivity index (χ3n) is 6.07. The Kier molecular flexibility index (Phi) is 7.13. The van der Waals surface area contributed by atoms with Gasteiger partial charge in [0.1, 0.15) is 17.6 Å². The van der Waals surface area contributed by atoms with Crippen molar-refractivity contribution in [1.29, 1.82) is 5.26 Å². The molecule has 196 valence electrons. The number of pyridine rings is 2. The normalized spacial score (nSPS) is 12.2. The van der Waals surface area contributed by atoms with Gasteiger partial charge in [0, 0.05) is 30.0 Å². The maximum absolute atomic E-state index is 13.8. The average Bonchev–Trinajstić information content (AvgIpc) is 3.41. The third-order valence-corrected chi connectivity index (χ3v) is 6.36. The van der Waals surface area contributed by atoms with Gasteiger partial charge in [-0.1, -0.05) is 49.7 Å². The standard InChI is InChI=1S/C29H26ClFN8/c1-29(2,3)17-35-26-19(13-32)14-34-28-23(26)11-21(12-24(28)30)36-27(18-6-8-20(31)9-7-18)25-16-39(38-37-25)22-5-4-10-33-15-22/h4-12,14-16,27,36H,17H2,1-3H3,(H,34,35). The molecule has 2 N–H and O–H groups in total. The Balaban J connectivity index is 1.58. The van der Waals surface area contributed by atoms with Gasteiger partial charge in [0.05, 0.1) is 45.9 Å². The number of benzene rings is 2.